The normalized spacial score (nSPS) is 38.6. The Hall–Kier alpha value is 0.230. The average molecular weight is 120 g/mol. The third kappa shape index (κ3) is 1.31. The van der Waals surface area contributed by atoms with Crippen LogP contribution < -0.4 is 11.1 Å². The van der Waals surface area contributed by atoms with Gasteiger partial charge in [-0.1, -0.05) is 6.92 Å². The Bertz CT molecular complexity index is 73.3. The fourth-order valence-electron chi connectivity index (χ4n) is 0.350. The van der Waals surface area contributed by atoms with Gasteiger partial charge in [0.2, 0.25) is 0 Å². The minimum Gasteiger partial charge on any atom is -0.279 e. The van der Waals surface area contributed by atoms with Crippen molar-refractivity contribution in [1.29, 1.82) is 0 Å². The molecule has 0 aliphatic carbocycles. The van der Waals surface area contributed by atoms with Crippen LogP contribution in [-0.2, 0) is 4.18 Å². The molecule has 42 valence electrons. The van der Waals surface area contributed by atoms with E-state index >= 15 is 0 Å². The van der Waals surface area contributed by atoms with Gasteiger partial charge >= 0.3 is 0 Å². The summed E-state index contributed by atoms with van der Waals surface area (Å²) >= 11 is 1.26. The highest BCUT2D eigenvalue weighted by atomic mass is 32.2. The van der Waals surface area contributed by atoms with E-state index in [1.165, 1.54) is 12.0 Å². The Morgan fingerprint density at radius 1 is 2.00 bits per heavy atom. The molecule has 0 radical (unpaired) electrons. The molecule has 1 rings (SSSR count). The van der Waals surface area contributed by atoms with Gasteiger partial charge in [0.15, 0.2) is 0 Å². The second kappa shape index (κ2) is 1.63. The van der Waals surface area contributed by atoms with E-state index in [1.54, 1.807) is 0 Å². The van der Waals surface area contributed by atoms with Crippen molar-refractivity contribution in [1.82, 2.24) is 5.32 Å². The second-order valence-electron chi connectivity index (χ2n) is 1.36. The first kappa shape index (κ1) is 5.37. The SMILES string of the molecule is CCNC1(N)OS1. The van der Waals surface area contributed by atoms with Crippen molar-refractivity contribution in [3.8, 4) is 0 Å². The monoisotopic (exact) mass is 120 g/mol. The highest BCUT2D eigenvalue weighted by Crippen LogP contribution is 2.38. The van der Waals surface area contributed by atoms with Crippen LogP contribution in [0.25, 0.3) is 0 Å². The number of hydrogen-bond donors (Lipinski definition) is 2. The number of nitrogens with one attached hydrogen (secondary N) is 1. The van der Waals surface area contributed by atoms with Gasteiger partial charge in [-0.05, 0) is 6.54 Å². The van der Waals surface area contributed by atoms with Crippen LogP contribution in [0.3, 0.4) is 0 Å². The third-order valence-electron chi connectivity index (χ3n) is 0.686. The molecule has 4 heteroatoms. The fourth-order valence-corrected chi connectivity index (χ4v) is 0.702. The zero-order valence-corrected chi connectivity index (χ0v) is 4.92. The summed E-state index contributed by atoms with van der Waals surface area (Å²) in [7, 11) is 0. The van der Waals surface area contributed by atoms with Crippen molar-refractivity contribution in [3.05, 3.63) is 0 Å². The summed E-state index contributed by atoms with van der Waals surface area (Å²) in [6.07, 6.45) is 0. The van der Waals surface area contributed by atoms with Crippen molar-refractivity contribution in [3.63, 3.8) is 0 Å². The predicted octanol–water partition coefficient (Wildman–Crippen LogP) is -0.156. The standard InChI is InChI=1S/C3H8N2OS/c1-2-5-3(4)6-7-3/h5H,2,4H2,1H3. The molecule has 0 aromatic rings. The predicted molar refractivity (Wildman–Crippen MR) is 29.3 cm³/mol. The Morgan fingerprint density at radius 3 is 2.71 bits per heavy atom. The van der Waals surface area contributed by atoms with Gasteiger partial charge in [-0.3, -0.25) is 15.2 Å². The Kier molecular flexibility index (Phi) is 1.25. The minimum atomic E-state index is -0.533. The summed E-state index contributed by atoms with van der Waals surface area (Å²) in [4.78, 5) is 0. The van der Waals surface area contributed by atoms with E-state index in [-0.39, 0.29) is 0 Å². The van der Waals surface area contributed by atoms with Crippen LogP contribution in [0.15, 0.2) is 0 Å². The summed E-state index contributed by atoms with van der Waals surface area (Å²) in [6, 6.07) is 0. The van der Waals surface area contributed by atoms with Gasteiger partial charge in [-0.2, -0.15) is 0 Å². The molecule has 0 saturated carbocycles. The smallest absolute Gasteiger partial charge is 0.260 e. The van der Waals surface area contributed by atoms with Gasteiger partial charge in [-0.25, -0.2) is 0 Å². The average Bonchev–Trinajstić information content (AvgIpc) is 2.22. The quantitative estimate of drug-likeness (QED) is 0.302. The molecule has 1 aliphatic rings. The summed E-state index contributed by atoms with van der Waals surface area (Å²) in [5.41, 5.74) is 5.39. The Labute approximate surface area is 46.8 Å². The first-order valence-electron chi connectivity index (χ1n) is 2.17. The summed E-state index contributed by atoms with van der Waals surface area (Å²) in [5, 5.41) is 2.38. The lowest BCUT2D eigenvalue weighted by Crippen LogP contribution is -2.39. The summed E-state index contributed by atoms with van der Waals surface area (Å²) < 4.78 is 4.72. The van der Waals surface area contributed by atoms with Crippen LogP contribution in [0.5, 0.6) is 0 Å². The van der Waals surface area contributed by atoms with E-state index in [9.17, 15) is 0 Å². The molecule has 1 heterocycles. The van der Waals surface area contributed by atoms with E-state index in [0.717, 1.165) is 6.54 Å². The van der Waals surface area contributed by atoms with Crippen molar-refractivity contribution >= 4 is 12.0 Å². The highest BCUT2D eigenvalue weighted by Gasteiger charge is 2.42. The zero-order chi connectivity index (χ0) is 5.33. The number of nitrogens with two attached hydrogens (primary N) is 1. The van der Waals surface area contributed by atoms with Crippen LogP contribution in [0.2, 0.25) is 0 Å². The fraction of sp³-hybridized carbons (Fsp3) is 1.00. The molecular weight excluding hydrogens is 112 g/mol. The van der Waals surface area contributed by atoms with E-state index in [4.69, 9.17) is 9.92 Å². The molecule has 1 aliphatic heterocycles. The van der Waals surface area contributed by atoms with Crippen LogP contribution in [-0.4, -0.2) is 11.7 Å². The van der Waals surface area contributed by atoms with Gasteiger partial charge < -0.3 is 0 Å². The first-order chi connectivity index (χ1) is 3.27. The molecule has 1 saturated heterocycles. The molecule has 1 fully saturated rings. The molecule has 3 N–H and O–H groups in total. The maximum absolute atomic E-state index is 5.39. The Morgan fingerprint density at radius 2 is 2.57 bits per heavy atom. The maximum Gasteiger partial charge on any atom is 0.260 e. The summed E-state index contributed by atoms with van der Waals surface area (Å²) in [5.74, 6) is 0. The molecule has 0 aromatic carbocycles. The van der Waals surface area contributed by atoms with Gasteiger partial charge in [0.25, 0.3) is 5.18 Å². The van der Waals surface area contributed by atoms with E-state index in [2.05, 4.69) is 5.32 Å². The van der Waals surface area contributed by atoms with Gasteiger partial charge in [0, 0.05) is 0 Å². The van der Waals surface area contributed by atoms with Crippen molar-refractivity contribution in [2.75, 3.05) is 6.54 Å². The van der Waals surface area contributed by atoms with Gasteiger partial charge in [-0.15, -0.1) is 0 Å². The van der Waals surface area contributed by atoms with Crippen LogP contribution >= 0.6 is 12.0 Å². The largest absolute Gasteiger partial charge is 0.279 e. The molecule has 0 amide bonds. The molecular formula is C3H8N2OS. The van der Waals surface area contributed by atoms with Gasteiger partial charge in [0.1, 0.15) is 0 Å². The zero-order valence-electron chi connectivity index (χ0n) is 4.10. The van der Waals surface area contributed by atoms with Crippen LogP contribution in [0, 0.1) is 0 Å². The molecule has 3 nitrogen and oxygen atoms in total. The Balaban J connectivity index is 2.13. The second-order valence-corrected chi connectivity index (χ2v) is 2.30. The molecule has 7 heavy (non-hydrogen) atoms. The molecule has 1 atom stereocenters. The van der Waals surface area contributed by atoms with Crippen molar-refractivity contribution in [2.45, 2.75) is 12.1 Å². The third-order valence-corrected chi connectivity index (χ3v) is 1.36. The minimum absolute atomic E-state index is 0.533. The lowest BCUT2D eigenvalue weighted by atomic mass is 10.7. The van der Waals surface area contributed by atoms with E-state index in [0.29, 0.717) is 0 Å². The highest BCUT2D eigenvalue weighted by molar-refractivity contribution is 8.01. The van der Waals surface area contributed by atoms with Crippen LogP contribution in [0.1, 0.15) is 6.92 Å². The number of rotatable bonds is 2. The molecule has 0 aromatic heterocycles. The molecule has 1 unspecified atom stereocenters. The van der Waals surface area contributed by atoms with Crippen molar-refractivity contribution < 1.29 is 4.18 Å². The first-order valence-corrected chi connectivity index (χ1v) is 2.92. The van der Waals surface area contributed by atoms with Gasteiger partial charge in [0.05, 0.1) is 12.0 Å². The molecule has 0 spiro atoms. The maximum atomic E-state index is 5.39. The van der Waals surface area contributed by atoms with E-state index < -0.39 is 5.18 Å². The summed E-state index contributed by atoms with van der Waals surface area (Å²) in [6.45, 7) is 2.83. The van der Waals surface area contributed by atoms with Crippen molar-refractivity contribution in [2.24, 2.45) is 5.73 Å². The lowest BCUT2D eigenvalue weighted by Gasteiger charge is -1.99. The van der Waals surface area contributed by atoms with Crippen LogP contribution in [0.4, 0.5) is 0 Å². The molecule has 0 bridgehead atoms. The number of hydrogen-bond acceptors (Lipinski definition) is 4. The lowest BCUT2D eigenvalue weighted by molar-refractivity contribution is 0.275. The topological polar surface area (TPSA) is 50.6 Å². The van der Waals surface area contributed by atoms with E-state index in [1.807, 2.05) is 6.92 Å².